The van der Waals surface area contributed by atoms with E-state index in [9.17, 15) is 4.79 Å². The fourth-order valence-corrected chi connectivity index (χ4v) is 2.58. The monoisotopic (exact) mass is 256 g/mol. The lowest BCUT2D eigenvalue weighted by Gasteiger charge is -2.23. The molecule has 1 heterocycles. The van der Waals surface area contributed by atoms with Crippen molar-refractivity contribution in [3.63, 3.8) is 0 Å². The van der Waals surface area contributed by atoms with Gasteiger partial charge in [-0.1, -0.05) is 0 Å². The second-order valence-corrected chi connectivity index (χ2v) is 5.39. The number of esters is 1. The maximum Gasteiger partial charge on any atom is 0.324 e. The number of hydrogen-bond acceptors (Lipinski definition) is 5. The minimum Gasteiger partial charge on any atom is -0.468 e. The summed E-state index contributed by atoms with van der Waals surface area (Å²) in [6, 6.07) is 0.343. The third-order valence-electron chi connectivity index (χ3n) is 3.71. The molecule has 1 saturated carbocycles. The summed E-state index contributed by atoms with van der Waals surface area (Å²) >= 11 is 0. The largest absolute Gasteiger partial charge is 0.468 e. The van der Waals surface area contributed by atoms with Gasteiger partial charge in [0.05, 0.1) is 13.7 Å². The van der Waals surface area contributed by atoms with E-state index in [0.717, 1.165) is 32.7 Å². The number of methoxy groups -OCH3 is 2. The van der Waals surface area contributed by atoms with Gasteiger partial charge in [0.25, 0.3) is 0 Å². The fourth-order valence-electron chi connectivity index (χ4n) is 2.58. The zero-order valence-electron chi connectivity index (χ0n) is 11.4. The highest BCUT2D eigenvalue weighted by atomic mass is 16.5. The summed E-state index contributed by atoms with van der Waals surface area (Å²) in [5.74, 6) is 0.464. The van der Waals surface area contributed by atoms with Gasteiger partial charge in [0.2, 0.25) is 0 Å². The van der Waals surface area contributed by atoms with Gasteiger partial charge in [0.15, 0.2) is 0 Å². The molecule has 1 aliphatic heterocycles. The highest BCUT2D eigenvalue weighted by molar-refractivity contribution is 5.76. The van der Waals surface area contributed by atoms with E-state index in [1.165, 1.54) is 20.0 Å². The molecule has 2 rings (SSSR count). The summed E-state index contributed by atoms with van der Waals surface area (Å²) in [7, 11) is 3.20. The van der Waals surface area contributed by atoms with Gasteiger partial charge in [-0.15, -0.1) is 0 Å². The van der Waals surface area contributed by atoms with Crippen LogP contribution >= 0.6 is 0 Å². The molecule has 2 atom stereocenters. The molecule has 5 heteroatoms. The molecule has 0 bridgehead atoms. The Labute approximate surface area is 109 Å². The summed E-state index contributed by atoms with van der Waals surface area (Å²) in [5, 5.41) is 3.37. The molecule has 2 aliphatic rings. The predicted octanol–water partition coefficient (Wildman–Crippen LogP) is 0.248. The normalized spacial score (nSPS) is 26.2. The molecule has 1 N–H and O–H groups in total. The van der Waals surface area contributed by atoms with Crippen molar-refractivity contribution in [1.82, 2.24) is 10.2 Å². The molecular weight excluding hydrogens is 232 g/mol. The topological polar surface area (TPSA) is 50.8 Å². The third kappa shape index (κ3) is 3.93. The number of nitrogens with one attached hydrogen (secondary N) is 1. The van der Waals surface area contributed by atoms with Crippen LogP contribution in [0.5, 0.6) is 0 Å². The Balaban J connectivity index is 1.79. The predicted molar refractivity (Wildman–Crippen MR) is 68.4 cm³/mol. The minimum atomic E-state index is -0.177. The van der Waals surface area contributed by atoms with E-state index < -0.39 is 0 Å². The Hall–Kier alpha value is -0.650. The highest BCUT2D eigenvalue weighted by Crippen LogP contribution is 2.21. The first-order valence-corrected chi connectivity index (χ1v) is 6.78. The summed E-state index contributed by atoms with van der Waals surface area (Å²) in [6.07, 6.45) is 3.52. The Morgan fingerprint density at radius 2 is 2.17 bits per heavy atom. The van der Waals surface area contributed by atoms with Gasteiger partial charge < -0.3 is 19.7 Å². The Bertz CT molecular complexity index is 281. The van der Waals surface area contributed by atoms with Crippen molar-refractivity contribution in [2.45, 2.75) is 31.3 Å². The standard InChI is InChI=1S/C13H24N2O3/c1-17-9-10-5-6-15(7-10)8-12(13(16)18-2)14-11-3-4-11/h10-12,14H,3-9H2,1-2H3. The van der Waals surface area contributed by atoms with Crippen molar-refractivity contribution in [1.29, 1.82) is 0 Å². The number of carbonyl (C=O) groups is 1. The highest BCUT2D eigenvalue weighted by Gasteiger charge is 2.32. The quantitative estimate of drug-likeness (QED) is 0.662. The van der Waals surface area contributed by atoms with Crippen molar-refractivity contribution in [3.05, 3.63) is 0 Å². The smallest absolute Gasteiger partial charge is 0.324 e. The SMILES string of the molecule is COCC1CCN(CC(NC2CC2)C(=O)OC)C1. The van der Waals surface area contributed by atoms with Gasteiger partial charge in [-0.25, -0.2) is 0 Å². The van der Waals surface area contributed by atoms with E-state index >= 15 is 0 Å². The number of ether oxygens (including phenoxy) is 2. The van der Waals surface area contributed by atoms with Gasteiger partial charge in [-0.2, -0.15) is 0 Å². The zero-order chi connectivity index (χ0) is 13.0. The number of carbonyl (C=O) groups excluding carboxylic acids is 1. The molecule has 1 aliphatic carbocycles. The van der Waals surface area contributed by atoms with Gasteiger partial charge in [0.1, 0.15) is 6.04 Å². The first-order valence-electron chi connectivity index (χ1n) is 6.78. The van der Waals surface area contributed by atoms with Crippen LogP contribution in [0.4, 0.5) is 0 Å². The number of nitrogens with zero attached hydrogens (tertiary/aromatic N) is 1. The molecule has 0 radical (unpaired) electrons. The van der Waals surface area contributed by atoms with Crippen LogP contribution in [0.3, 0.4) is 0 Å². The molecule has 104 valence electrons. The van der Waals surface area contributed by atoms with Crippen LogP contribution in [0, 0.1) is 5.92 Å². The van der Waals surface area contributed by atoms with Gasteiger partial charge in [-0.3, -0.25) is 4.79 Å². The zero-order valence-corrected chi connectivity index (χ0v) is 11.4. The second-order valence-electron chi connectivity index (χ2n) is 5.39. The Morgan fingerprint density at radius 3 is 2.78 bits per heavy atom. The maximum atomic E-state index is 11.7. The van der Waals surface area contributed by atoms with Crippen LogP contribution in [0.15, 0.2) is 0 Å². The summed E-state index contributed by atoms with van der Waals surface area (Å²) in [4.78, 5) is 14.1. The molecule has 0 aromatic heterocycles. The van der Waals surface area contributed by atoms with E-state index in [-0.39, 0.29) is 12.0 Å². The molecular formula is C13H24N2O3. The molecule has 2 unspecified atom stereocenters. The van der Waals surface area contributed by atoms with Crippen LogP contribution < -0.4 is 5.32 Å². The Kier molecular flexibility index (Phi) is 4.97. The van der Waals surface area contributed by atoms with Crippen LogP contribution in [-0.4, -0.2) is 63.4 Å². The lowest BCUT2D eigenvalue weighted by molar-refractivity contribution is -0.143. The van der Waals surface area contributed by atoms with Crippen LogP contribution in [0.2, 0.25) is 0 Å². The summed E-state index contributed by atoms with van der Waals surface area (Å²) < 4.78 is 10.1. The summed E-state index contributed by atoms with van der Waals surface area (Å²) in [5.41, 5.74) is 0. The minimum absolute atomic E-state index is 0.142. The molecule has 18 heavy (non-hydrogen) atoms. The van der Waals surface area contributed by atoms with E-state index in [4.69, 9.17) is 9.47 Å². The van der Waals surface area contributed by atoms with Gasteiger partial charge >= 0.3 is 5.97 Å². The number of rotatable bonds is 7. The van der Waals surface area contributed by atoms with Crippen molar-refractivity contribution < 1.29 is 14.3 Å². The van der Waals surface area contributed by atoms with Crippen molar-refractivity contribution in [2.24, 2.45) is 5.92 Å². The lowest BCUT2D eigenvalue weighted by Crippen LogP contribution is -2.47. The van der Waals surface area contributed by atoms with Gasteiger partial charge in [0, 0.05) is 26.2 Å². The third-order valence-corrected chi connectivity index (χ3v) is 3.71. The summed E-state index contributed by atoms with van der Waals surface area (Å²) in [6.45, 7) is 3.64. The van der Waals surface area contributed by atoms with E-state index in [1.54, 1.807) is 7.11 Å². The maximum absolute atomic E-state index is 11.7. The molecule has 0 aromatic carbocycles. The average molecular weight is 256 g/mol. The van der Waals surface area contributed by atoms with Crippen LogP contribution in [0.1, 0.15) is 19.3 Å². The molecule has 0 spiro atoms. The molecule has 1 saturated heterocycles. The van der Waals surface area contributed by atoms with Crippen molar-refractivity contribution in [2.75, 3.05) is 40.5 Å². The lowest BCUT2D eigenvalue weighted by atomic mass is 10.1. The van der Waals surface area contributed by atoms with Gasteiger partial charge in [-0.05, 0) is 31.7 Å². The Morgan fingerprint density at radius 1 is 1.39 bits per heavy atom. The van der Waals surface area contributed by atoms with E-state index in [1.807, 2.05) is 0 Å². The van der Waals surface area contributed by atoms with Crippen LogP contribution in [0.25, 0.3) is 0 Å². The molecule has 0 aromatic rings. The average Bonchev–Trinajstić information content (AvgIpc) is 3.08. The van der Waals surface area contributed by atoms with E-state index in [0.29, 0.717) is 12.0 Å². The molecule has 5 nitrogen and oxygen atoms in total. The first-order chi connectivity index (χ1) is 8.72. The molecule has 2 fully saturated rings. The first kappa shape index (κ1) is 13.8. The second kappa shape index (κ2) is 6.50. The van der Waals surface area contributed by atoms with E-state index in [2.05, 4.69) is 10.2 Å². The number of hydrogen-bond donors (Lipinski definition) is 1. The molecule has 0 amide bonds. The fraction of sp³-hybridized carbons (Fsp3) is 0.923. The van der Waals surface area contributed by atoms with Crippen LogP contribution in [-0.2, 0) is 14.3 Å². The number of likely N-dealkylation sites (tertiary alicyclic amines) is 1. The van der Waals surface area contributed by atoms with Crippen molar-refractivity contribution >= 4 is 5.97 Å². The van der Waals surface area contributed by atoms with Crippen molar-refractivity contribution in [3.8, 4) is 0 Å².